The molecule has 0 bridgehead atoms. The molecule has 0 aliphatic rings. The van der Waals surface area contributed by atoms with Crippen LogP contribution in [-0.4, -0.2) is 18.3 Å². The van der Waals surface area contributed by atoms with Crippen molar-refractivity contribution in [3.63, 3.8) is 0 Å². The molecule has 2 atom stereocenters. The van der Waals surface area contributed by atoms with Crippen LogP contribution >= 0.6 is 11.3 Å². The second-order valence-electron chi connectivity index (χ2n) is 2.64. The molecule has 0 saturated carbocycles. The Morgan fingerprint density at radius 2 is 2.42 bits per heavy atom. The van der Waals surface area contributed by atoms with Gasteiger partial charge in [-0.05, 0) is 17.9 Å². The number of methoxy groups -OCH3 is 1. The second-order valence-corrected chi connectivity index (χ2v) is 3.62. The van der Waals surface area contributed by atoms with Crippen molar-refractivity contribution in [1.29, 1.82) is 0 Å². The minimum atomic E-state index is -0.472. The van der Waals surface area contributed by atoms with Crippen LogP contribution < -0.4 is 0 Å². The van der Waals surface area contributed by atoms with Crippen molar-refractivity contribution in [2.24, 2.45) is 0 Å². The van der Waals surface area contributed by atoms with Crippen molar-refractivity contribution < 1.29 is 9.84 Å². The van der Waals surface area contributed by atoms with Gasteiger partial charge in [0.05, 0.1) is 6.10 Å². The Hall–Kier alpha value is -0.380. The Morgan fingerprint density at radius 3 is 2.83 bits per heavy atom. The van der Waals surface area contributed by atoms with E-state index >= 15 is 0 Å². The zero-order valence-electron chi connectivity index (χ0n) is 7.36. The molecule has 1 N–H and O–H groups in total. The Morgan fingerprint density at radius 1 is 1.67 bits per heavy atom. The fourth-order valence-electron chi connectivity index (χ4n) is 1.16. The molecule has 3 heteroatoms. The maximum Gasteiger partial charge on any atom is 0.114 e. The number of aliphatic hydroxyl groups excluding tert-OH is 1. The van der Waals surface area contributed by atoms with Crippen LogP contribution in [0.4, 0.5) is 0 Å². The maximum atomic E-state index is 9.75. The zero-order chi connectivity index (χ0) is 8.97. The summed E-state index contributed by atoms with van der Waals surface area (Å²) in [7, 11) is 1.63. The van der Waals surface area contributed by atoms with Gasteiger partial charge in [0.1, 0.15) is 6.10 Å². The number of aliphatic hydroxyl groups is 1. The van der Waals surface area contributed by atoms with E-state index in [-0.39, 0.29) is 6.10 Å². The van der Waals surface area contributed by atoms with Crippen LogP contribution in [0.1, 0.15) is 24.3 Å². The molecule has 1 heterocycles. The SMILES string of the molecule is CCC(OC)C(O)c1cccs1. The van der Waals surface area contributed by atoms with Crippen LogP contribution in [0.5, 0.6) is 0 Å². The van der Waals surface area contributed by atoms with Gasteiger partial charge in [-0.2, -0.15) is 0 Å². The Labute approximate surface area is 76.8 Å². The molecule has 0 aromatic carbocycles. The van der Waals surface area contributed by atoms with Crippen LogP contribution in [0.3, 0.4) is 0 Å². The first kappa shape index (κ1) is 9.71. The highest BCUT2D eigenvalue weighted by atomic mass is 32.1. The van der Waals surface area contributed by atoms with Crippen molar-refractivity contribution >= 4 is 11.3 Å². The lowest BCUT2D eigenvalue weighted by molar-refractivity contribution is -0.0131. The van der Waals surface area contributed by atoms with E-state index in [4.69, 9.17) is 4.74 Å². The number of ether oxygens (including phenoxy) is 1. The average Bonchev–Trinajstić information content (AvgIpc) is 2.58. The van der Waals surface area contributed by atoms with Crippen molar-refractivity contribution in [3.8, 4) is 0 Å². The van der Waals surface area contributed by atoms with Gasteiger partial charge in [0.15, 0.2) is 0 Å². The lowest BCUT2D eigenvalue weighted by Crippen LogP contribution is -2.18. The van der Waals surface area contributed by atoms with Crippen LogP contribution in [0, 0.1) is 0 Å². The minimum absolute atomic E-state index is 0.0800. The zero-order valence-corrected chi connectivity index (χ0v) is 8.17. The Bertz CT molecular complexity index is 204. The normalized spacial score (nSPS) is 15.9. The number of hydrogen-bond donors (Lipinski definition) is 1. The van der Waals surface area contributed by atoms with E-state index in [0.717, 1.165) is 11.3 Å². The van der Waals surface area contributed by atoms with E-state index in [1.54, 1.807) is 18.4 Å². The Balaban J connectivity index is 2.63. The summed E-state index contributed by atoms with van der Waals surface area (Å²) in [5, 5.41) is 11.7. The van der Waals surface area contributed by atoms with E-state index in [2.05, 4.69) is 0 Å². The molecule has 0 aliphatic carbocycles. The molecule has 12 heavy (non-hydrogen) atoms. The highest BCUT2D eigenvalue weighted by molar-refractivity contribution is 7.10. The number of hydrogen-bond acceptors (Lipinski definition) is 3. The number of thiophene rings is 1. The van der Waals surface area contributed by atoms with Crippen LogP contribution in [0.25, 0.3) is 0 Å². The first-order valence-corrected chi connectivity index (χ1v) is 4.91. The van der Waals surface area contributed by atoms with E-state index in [1.165, 1.54) is 0 Å². The summed E-state index contributed by atoms with van der Waals surface area (Å²) in [5.74, 6) is 0. The highest BCUT2D eigenvalue weighted by Crippen LogP contribution is 2.24. The van der Waals surface area contributed by atoms with Gasteiger partial charge in [-0.15, -0.1) is 11.3 Å². The summed E-state index contributed by atoms with van der Waals surface area (Å²) >= 11 is 1.56. The molecule has 0 saturated heterocycles. The van der Waals surface area contributed by atoms with Crippen molar-refractivity contribution in [2.75, 3.05) is 7.11 Å². The van der Waals surface area contributed by atoms with E-state index < -0.39 is 6.10 Å². The first-order chi connectivity index (χ1) is 5.79. The molecule has 2 nitrogen and oxygen atoms in total. The Kier molecular flexibility index (Phi) is 3.72. The molecule has 1 rings (SSSR count). The van der Waals surface area contributed by atoms with Crippen molar-refractivity contribution in [1.82, 2.24) is 0 Å². The summed E-state index contributed by atoms with van der Waals surface area (Å²) < 4.78 is 5.14. The van der Waals surface area contributed by atoms with E-state index in [0.29, 0.717) is 0 Å². The summed E-state index contributed by atoms with van der Waals surface area (Å²) in [5.41, 5.74) is 0. The van der Waals surface area contributed by atoms with E-state index in [9.17, 15) is 5.11 Å². The molecule has 1 aromatic rings. The first-order valence-electron chi connectivity index (χ1n) is 4.03. The van der Waals surface area contributed by atoms with Crippen LogP contribution in [0.15, 0.2) is 17.5 Å². The third-order valence-corrected chi connectivity index (χ3v) is 2.83. The van der Waals surface area contributed by atoms with Crippen LogP contribution in [-0.2, 0) is 4.74 Å². The molecule has 68 valence electrons. The maximum absolute atomic E-state index is 9.75. The van der Waals surface area contributed by atoms with Gasteiger partial charge in [0.2, 0.25) is 0 Å². The minimum Gasteiger partial charge on any atom is -0.385 e. The van der Waals surface area contributed by atoms with Crippen molar-refractivity contribution in [3.05, 3.63) is 22.4 Å². The second kappa shape index (κ2) is 4.60. The van der Waals surface area contributed by atoms with Gasteiger partial charge in [0, 0.05) is 12.0 Å². The standard InChI is InChI=1S/C9H14O2S/c1-3-7(11-2)9(10)8-5-4-6-12-8/h4-7,9-10H,3H2,1-2H3. The highest BCUT2D eigenvalue weighted by Gasteiger charge is 2.18. The van der Waals surface area contributed by atoms with Crippen LogP contribution in [0.2, 0.25) is 0 Å². The van der Waals surface area contributed by atoms with Gasteiger partial charge in [-0.3, -0.25) is 0 Å². The molecule has 0 fully saturated rings. The molecular weight excluding hydrogens is 172 g/mol. The molecule has 0 amide bonds. The third kappa shape index (κ3) is 2.06. The average molecular weight is 186 g/mol. The molecule has 1 aromatic heterocycles. The van der Waals surface area contributed by atoms with Crippen molar-refractivity contribution in [2.45, 2.75) is 25.6 Å². The van der Waals surface area contributed by atoms with E-state index in [1.807, 2.05) is 24.4 Å². The summed E-state index contributed by atoms with van der Waals surface area (Å²) in [6.45, 7) is 2.00. The third-order valence-electron chi connectivity index (χ3n) is 1.89. The predicted molar refractivity (Wildman–Crippen MR) is 50.4 cm³/mol. The molecule has 2 unspecified atom stereocenters. The fraction of sp³-hybridized carbons (Fsp3) is 0.556. The number of rotatable bonds is 4. The van der Waals surface area contributed by atoms with Gasteiger partial charge in [-0.25, -0.2) is 0 Å². The summed E-state index contributed by atoms with van der Waals surface area (Å²) in [6, 6.07) is 3.86. The summed E-state index contributed by atoms with van der Waals surface area (Å²) in [4.78, 5) is 0.976. The lowest BCUT2D eigenvalue weighted by Gasteiger charge is -2.18. The molecule has 0 spiro atoms. The molecule has 0 aliphatic heterocycles. The lowest BCUT2D eigenvalue weighted by atomic mass is 10.1. The van der Waals surface area contributed by atoms with Gasteiger partial charge >= 0.3 is 0 Å². The fourth-order valence-corrected chi connectivity index (χ4v) is 1.92. The van der Waals surface area contributed by atoms with Gasteiger partial charge < -0.3 is 9.84 Å². The smallest absolute Gasteiger partial charge is 0.114 e. The monoisotopic (exact) mass is 186 g/mol. The predicted octanol–water partition coefficient (Wildman–Crippen LogP) is 2.21. The van der Waals surface area contributed by atoms with Gasteiger partial charge in [-0.1, -0.05) is 13.0 Å². The quantitative estimate of drug-likeness (QED) is 0.781. The van der Waals surface area contributed by atoms with Gasteiger partial charge in [0.25, 0.3) is 0 Å². The summed E-state index contributed by atoms with van der Waals surface area (Å²) in [6.07, 6.45) is 0.277. The molecular formula is C9H14O2S. The molecule has 0 radical (unpaired) electrons. The topological polar surface area (TPSA) is 29.5 Å². The largest absolute Gasteiger partial charge is 0.385 e.